The molecule has 2 aromatic rings. The van der Waals surface area contributed by atoms with Gasteiger partial charge in [0, 0.05) is 5.69 Å². The van der Waals surface area contributed by atoms with Gasteiger partial charge in [0.05, 0.1) is 32.5 Å². The van der Waals surface area contributed by atoms with Gasteiger partial charge in [0.25, 0.3) is 0 Å². The van der Waals surface area contributed by atoms with Crippen molar-refractivity contribution in [1.29, 1.82) is 0 Å². The monoisotopic (exact) mass is 276 g/mol. The lowest BCUT2D eigenvalue weighted by Crippen LogP contribution is -2.02. The first-order valence-electron chi connectivity index (χ1n) is 6.78. The number of hydrogen-bond acceptors (Lipinski definition) is 5. The van der Waals surface area contributed by atoms with E-state index in [1.54, 1.807) is 4.68 Å². The smallest absolute Gasteiger partial charge is 0.119 e. The van der Waals surface area contributed by atoms with Gasteiger partial charge in [0.1, 0.15) is 11.4 Å². The summed E-state index contributed by atoms with van der Waals surface area (Å²) in [6.45, 7) is 3.95. The summed E-state index contributed by atoms with van der Waals surface area (Å²) >= 11 is 0. The Balaban J connectivity index is 1.83. The molecule has 20 heavy (non-hydrogen) atoms. The molecule has 0 saturated carbocycles. The largest absolute Gasteiger partial charge is 0.494 e. The van der Waals surface area contributed by atoms with E-state index < -0.39 is 0 Å². The minimum absolute atomic E-state index is 0.0649. The van der Waals surface area contributed by atoms with E-state index in [2.05, 4.69) is 22.6 Å². The SMILES string of the molecule is CCCOc1ccc(NCc2cn(CCO)nn2)cc1. The van der Waals surface area contributed by atoms with Gasteiger partial charge >= 0.3 is 0 Å². The number of rotatable bonds is 8. The van der Waals surface area contributed by atoms with Gasteiger partial charge in [-0.3, -0.25) is 0 Å². The van der Waals surface area contributed by atoms with Crippen LogP contribution in [0, 0.1) is 0 Å². The quantitative estimate of drug-likeness (QED) is 0.767. The van der Waals surface area contributed by atoms with E-state index in [1.165, 1.54) is 0 Å². The van der Waals surface area contributed by atoms with Crippen molar-refractivity contribution in [2.24, 2.45) is 0 Å². The van der Waals surface area contributed by atoms with Crippen molar-refractivity contribution in [2.45, 2.75) is 26.4 Å². The van der Waals surface area contributed by atoms with Crippen LogP contribution in [0.1, 0.15) is 19.0 Å². The molecule has 0 atom stereocenters. The summed E-state index contributed by atoms with van der Waals surface area (Å²) in [5.41, 5.74) is 1.84. The molecular weight excluding hydrogens is 256 g/mol. The van der Waals surface area contributed by atoms with Crippen LogP contribution in [0.4, 0.5) is 5.69 Å². The van der Waals surface area contributed by atoms with Gasteiger partial charge in [0.15, 0.2) is 0 Å². The Labute approximate surface area is 118 Å². The molecule has 1 aromatic heterocycles. The Bertz CT molecular complexity index is 510. The molecule has 0 unspecified atom stereocenters. The lowest BCUT2D eigenvalue weighted by molar-refractivity contribution is 0.268. The van der Waals surface area contributed by atoms with E-state index in [0.29, 0.717) is 13.1 Å². The molecule has 6 nitrogen and oxygen atoms in total. The number of ether oxygens (including phenoxy) is 1. The number of aliphatic hydroxyl groups is 1. The molecule has 0 bridgehead atoms. The van der Waals surface area contributed by atoms with Crippen LogP contribution in [0.5, 0.6) is 5.75 Å². The van der Waals surface area contributed by atoms with Gasteiger partial charge in [-0.1, -0.05) is 12.1 Å². The summed E-state index contributed by atoms with van der Waals surface area (Å²) < 4.78 is 7.15. The maximum atomic E-state index is 8.81. The van der Waals surface area contributed by atoms with Crippen LogP contribution in [0.2, 0.25) is 0 Å². The Hall–Kier alpha value is -2.08. The van der Waals surface area contributed by atoms with Crippen LogP contribution in [0.25, 0.3) is 0 Å². The van der Waals surface area contributed by atoms with Crippen LogP contribution < -0.4 is 10.1 Å². The van der Waals surface area contributed by atoms with E-state index in [0.717, 1.165) is 30.2 Å². The molecular formula is C14H20N4O2. The van der Waals surface area contributed by atoms with Crippen molar-refractivity contribution in [3.8, 4) is 5.75 Å². The maximum absolute atomic E-state index is 8.81. The second kappa shape index (κ2) is 7.49. The Morgan fingerprint density at radius 1 is 1.30 bits per heavy atom. The molecule has 0 saturated heterocycles. The molecule has 0 aliphatic carbocycles. The van der Waals surface area contributed by atoms with E-state index in [1.807, 2.05) is 30.5 Å². The zero-order valence-corrected chi connectivity index (χ0v) is 11.6. The summed E-state index contributed by atoms with van der Waals surface area (Å²) in [6, 6.07) is 7.84. The Morgan fingerprint density at radius 2 is 2.10 bits per heavy atom. The second-order valence-electron chi connectivity index (χ2n) is 4.42. The lowest BCUT2D eigenvalue weighted by atomic mass is 10.3. The molecule has 0 amide bonds. The summed E-state index contributed by atoms with van der Waals surface area (Å²) in [6.07, 6.45) is 2.82. The van der Waals surface area contributed by atoms with Gasteiger partial charge in [-0.2, -0.15) is 0 Å². The van der Waals surface area contributed by atoms with Crippen LogP contribution in [0.3, 0.4) is 0 Å². The van der Waals surface area contributed by atoms with Crippen LogP contribution in [-0.2, 0) is 13.1 Å². The fourth-order valence-electron chi connectivity index (χ4n) is 1.71. The third kappa shape index (κ3) is 4.24. The highest BCUT2D eigenvalue weighted by molar-refractivity contribution is 5.46. The molecule has 0 spiro atoms. The fourth-order valence-corrected chi connectivity index (χ4v) is 1.71. The maximum Gasteiger partial charge on any atom is 0.119 e. The van der Waals surface area contributed by atoms with Crippen molar-refractivity contribution >= 4 is 5.69 Å². The van der Waals surface area contributed by atoms with Gasteiger partial charge in [-0.05, 0) is 30.7 Å². The summed E-state index contributed by atoms with van der Waals surface area (Å²) in [5, 5.41) is 20.0. The van der Waals surface area contributed by atoms with Gasteiger partial charge < -0.3 is 15.2 Å². The molecule has 108 valence electrons. The molecule has 2 N–H and O–H groups in total. The zero-order chi connectivity index (χ0) is 14.2. The number of aromatic nitrogens is 3. The molecule has 0 aliphatic rings. The van der Waals surface area contributed by atoms with Crippen molar-refractivity contribution in [1.82, 2.24) is 15.0 Å². The molecule has 1 heterocycles. The topological polar surface area (TPSA) is 72.2 Å². The summed E-state index contributed by atoms with van der Waals surface area (Å²) in [7, 11) is 0. The number of nitrogens with zero attached hydrogens (tertiary/aromatic N) is 3. The number of aliphatic hydroxyl groups excluding tert-OH is 1. The lowest BCUT2D eigenvalue weighted by Gasteiger charge is -2.07. The minimum Gasteiger partial charge on any atom is -0.494 e. The summed E-state index contributed by atoms with van der Waals surface area (Å²) in [5.74, 6) is 0.881. The van der Waals surface area contributed by atoms with E-state index in [4.69, 9.17) is 9.84 Å². The summed E-state index contributed by atoms with van der Waals surface area (Å²) in [4.78, 5) is 0. The first-order valence-corrected chi connectivity index (χ1v) is 6.78. The number of nitrogens with one attached hydrogen (secondary N) is 1. The highest BCUT2D eigenvalue weighted by Gasteiger charge is 2.01. The molecule has 1 aromatic carbocycles. The van der Waals surface area contributed by atoms with Crippen LogP contribution in [-0.4, -0.2) is 33.3 Å². The van der Waals surface area contributed by atoms with Crippen molar-refractivity contribution < 1.29 is 9.84 Å². The normalized spacial score (nSPS) is 10.5. The van der Waals surface area contributed by atoms with E-state index in [-0.39, 0.29) is 6.61 Å². The standard InChI is InChI=1S/C14H20N4O2/c1-2-9-20-14-5-3-12(4-6-14)15-10-13-11-18(7-8-19)17-16-13/h3-6,11,15,19H,2,7-10H2,1H3. The molecule has 0 aliphatic heterocycles. The molecule has 0 fully saturated rings. The van der Waals surface area contributed by atoms with Crippen molar-refractivity contribution in [2.75, 3.05) is 18.5 Å². The fraction of sp³-hybridized carbons (Fsp3) is 0.429. The predicted octanol–water partition coefficient (Wildman–Crippen LogP) is 1.67. The van der Waals surface area contributed by atoms with E-state index in [9.17, 15) is 0 Å². The highest BCUT2D eigenvalue weighted by atomic mass is 16.5. The predicted molar refractivity (Wildman–Crippen MR) is 76.7 cm³/mol. The zero-order valence-electron chi connectivity index (χ0n) is 11.6. The van der Waals surface area contributed by atoms with Crippen LogP contribution in [0.15, 0.2) is 30.5 Å². The Morgan fingerprint density at radius 3 is 2.80 bits per heavy atom. The van der Waals surface area contributed by atoms with Crippen molar-refractivity contribution in [3.05, 3.63) is 36.2 Å². The first-order chi connectivity index (χ1) is 9.81. The minimum atomic E-state index is 0.0649. The average molecular weight is 276 g/mol. The highest BCUT2D eigenvalue weighted by Crippen LogP contribution is 2.16. The first kappa shape index (κ1) is 14.3. The van der Waals surface area contributed by atoms with E-state index >= 15 is 0 Å². The second-order valence-corrected chi connectivity index (χ2v) is 4.42. The Kier molecular flexibility index (Phi) is 5.37. The number of hydrogen-bond donors (Lipinski definition) is 2. The molecule has 6 heteroatoms. The number of anilines is 1. The van der Waals surface area contributed by atoms with Gasteiger partial charge in [-0.15, -0.1) is 5.10 Å². The molecule has 2 rings (SSSR count). The third-order valence-corrected chi connectivity index (χ3v) is 2.72. The van der Waals surface area contributed by atoms with Gasteiger partial charge in [0.2, 0.25) is 0 Å². The van der Waals surface area contributed by atoms with Crippen LogP contribution >= 0.6 is 0 Å². The van der Waals surface area contributed by atoms with Crippen molar-refractivity contribution in [3.63, 3.8) is 0 Å². The third-order valence-electron chi connectivity index (χ3n) is 2.72. The number of benzene rings is 1. The molecule has 0 radical (unpaired) electrons. The van der Waals surface area contributed by atoms with Gasteiger partial charge in [-0.25, -0.2) is 4.68 Å². The average Bonchev–Trinajstić information content (AvgIpc) is 2.92.